The van der Waals surface area contributed by atoms with Crippen LogP contribution < -0.4 is 10.1 Å². The van der Waals surface area contributed by atoms with Crippen LogP contribution in [-0.4, -0.2) is 15.9 Å². The Hall–Kier alpha value is -2.50. The monoisotopic (exact) mass is 261 g/mol. The molecular weight excluding hydrogens is 249 g/mol. The zero-order chi connectivity index (χ0) is 13.7. The number of nitrogens with zero attached hydrogens (tertiary/aromatic N) is 2. The fraction of sp³-hybridized carbons (Fsp3) is 0.154. The molecule has 0 radical (unpaired) electrons. The number of anilines is 1. The first-order valence-corrected chi connectivity index (χ1v) is 5.62. The molecule has 0 saturated carbocycles. The molecule has 0 atom stereocenters. The Balaban J connectivity index is 2.06. The SMILES string of the molecule is CC(=O)Nc1nc(OCc2ccccc2)ncc1F. The van der Waals surface area contributed by atoms with Gasteiger partial charge in [0.15, 0.2) is 11.6 Å². The molecule has 0 bridgehead atoms. The molecule has 0 aliphatic heterocycles. The number of amides is 1. The molecule has 1 heterocycles. The van der Waals surface area contributed by atoms with Gasteiger partial charge in [0.25, 0.3) is 0 Å². The lowest BCUT2D eigenvalue weighted by Gasteiger charge is -2.07. The van der Waals surface area contributed by atoms with Crippen molar-refractivity contribution < 1.29 is 13.9 Å². The van der Waals surface area contributed by atoms with Crippen molar-refractivity contribution in [3.63, 3.8) is 0 Å². The molecule has 1 amide bonds. The number of aromatic nitrogens is 2. The molecule has 1 N–H and O–H groups in total. The first-order valence-electron chi connectivity index (χ1n) is 5.62. The average Bonchev–Trinajstić information content (AvgIpc) is 2.40. The van der Waals surface area contributed by atoms with Gasteiger partial charge in [-0.1, -0.05) is 30.3 Å². The summed E-state index contributed by atoms with van der Waals surface area (Å²) in [7, 11) is 0. The minimum absolute atomic E-state index is 0.00834. The smallest absolute Gasteiger partial charge is 0.318 e. The fourth-order valence-electron chi connectivity index (χ4n) is 1.40. The van der Waals surface area contributed by atoms with Gasteiger partial charge in [-0.2, -0.15) is 4.98 Å². The van der Waals surface area contributed by atoms with E-state index in [4.69, 9.17) is 4.74 Å². The van der Waals surface area contributed by atoms with Crippen molar-refractivity contribution in [2.45, 2.75) is 13.5 Å². The molecule has 0 aliphatic carbocycles. The summed E-state index contributed by atoms with van der Waals surface area (Å²) in [6, 6.07) is 9.44. The van der Waals surface area contributed by atoms with Gasteiger partial charge >= 0.3 is 6.01 Å². The maximum atomic E-state index is 13.3. The van der Waals surface area contributed by atoms with Gasteiger partial charge in [0, 0.05) is 6.92 Å². The standard InChI is InChI=1S/C13H12FN3O2/c1-9(18)16-12-11(14)7-15-13(17-12)19-8-10-5-3-2-4-6-10/h2-7H,8H2,1H3,(H,15,16,17,18). The van der Waals surface area contributed by atoms with Crippen LogP contribution in [-0.2, 0) is 11.4 Å². The van der Waals surface area contributed by atoms with Crippen molar-refractivity contribution in [1.29, 1.82) is 0 Å². The van der Waals surface area contributed by atoms with E-state index in [2.05, 4.69) is 15.3 Å². The topological polar surface area (TPSA) is 64.1 Å². The summed E-state index contributed by atoms with van der Waals surface area (Å²) in [6.07, 6.45) is 0.957. The second-order valence-corrected chi connectivity index (χ2v) is 3.80. The Morgan fingerprint density at radius 3 is 2.79 bits per heavy atom. The highest BCUT2D eigenvalue weighted by Gasteiger charge is 2.09. The first kappa shape index (κ1) is 12.9. The van der Waals surface area contributed by atoms with Crippen LogP contribution in [0, 0.1) is 5.82 Å². The predicted molar refractivity (Wildman–Crippen MR) is 67.1 cm³/mol. The second-order valence-electron chi connectivity index (χ2n) is 3.80. The van der Waals surface area contributed by atoms with E-state index < -0.39 is 11.7 Å². The second kappa shape index (κ2) is 5.90. The number of ether oxygens (including phenoxy) is 1. The highest BCUT2D eigenvalue weighted by molar-refractivity contribution is 5.87. The minimum Gasteiger partial charge on any atom is -0.459 e. The third-order valence-corrected chi connectivity index (χ3v) is 2.23. The van der Waals surface area contributed by atoms with Gasteiger partial charge in [-0.3, -0.25) is 4.79 Å². The van der Waals surface area contributed by atoms with Crippen LogP contribution in [0.5, 0.6) is 6.01 Å². The number of carbonyl (C=O) groups excluding carboxylic acids is 1. The molecule has 0 spiro atoms. The minimum atomic E-state index is -0.706. The van der Waals surface area contributed by atoms with Gasteiger partial charge in [0.2, 0.25) is 5.91 Å². The summed E-state index contributed by atoms with van der Waals surface area (Å²) in [5.74, 6) is -1.31. The summed E-state index contributed by atoms with van der Waals surface area (Å²) in [5, 5.41) is 2.27. The molecule has 19 heavy (non-hydrogen) atoms. The van der Waals surface area contributed by atoms with Gasteiger partial charge in [0.1, 0.15) is 6.61 Å². The van der Waals surface area contributed by atoms with Crippen LogP contribution in [0.15, 0.2) is 36.5 Å². The van der Waals surface area contributed by atoms with Crippen LogP contribution >= 0.6 is 0 Å². The fourth-order valence-corrected chi connectivity index (χ4v) is 1.40. The van der Waals surface area contributed by atoms with Crippen LogP contribution in [0.1, 0.15) is 12.5 Å². The normalized spacial score (nSPS) is 10.0. The van der Waals surface area contributed by atoms with Crippen LogP contribution in [0.2, 0.25) is 0 Å². The molecular formula is C13H12FN3O2. The third kappa shape index (κ3) is 3.74. The van der Waals surface area contributed by atoms with Gasteiger partial charge in [0.05, 0.1) is 6.20 Å². The Bertz CT molecular complexity index is 575. The molecule has 0 saturated heterocycles. The predicted octanol–water partition coefficient (Wildman–Crippen LogP) is 2.15. The van der Waals surface area contributed by atoms with E-state index in [0.29, 0.717) is 0 Å². The Kier molecular flexibility index (Phi) is 4.02. The van der Waals surface area contributed by atoms with Crippen molar-refractivity contribution in [3.05, 3.63) is 47.9 Å². The molecule has 2 rings (SSSR count). The van der Waals surface area contributed by atoms with E-state index in [9.17, 15) is 9.18 Å². The Labute approximate surface area is 109 Å². The zero-order valence-corrected chi connectivity index (χ0v) is 10.3. The van der Waals surface area contributed by atoms with Crippen molar-refractivity contribution >= 4 is 11.7 Å². The highest BCUT2D eigenvalue weighted by atomic mass is 19.1. The molecule has 5 nitrogen and oxygen atoms in total. The first-order chi connectivity index (χ1) is 9.15. The lowest BCUT2D eigenvalue weighted by molar-refractivity contribution is -0.114. The number of halogens is 1. The number of rotatable bonds is 4. The molecule has 0 fully saturated rings. The number of nitrogens with one attached hydrogen (secondary N) is 1. The average molecular weight is 261 g/mol. The molecule has 98 valence electrons. The number of hydrogen-bond acceptors (Lipinski definition) is 4. The summed E-state index contributed by atoms with van der Waals surface area (Å²) < 4.78 is 18.6. The summed E-state index contributed by atoms with van der Waals surface area (Å²) >= 11 is 0. The molecule has 1 aromatic carbocycles. The zero-order valence-electron chi connectivity index (χ0n) is 10.3. The van der Waals surface area contributed by atoms with E-state index >= 15 is 0 Å². The number of hydrogen-bond donors (Lipinski definition) is 1. The highest BCUT2D eigenvalue weighted by Crippen LogP contribution is 2.14. The largest absolute Gasteiger partial charge is 0.459 e. The quantitative estimate of drug-likeness (QED) is 0.916. The maximum Gasteiger partial charge on any atom is 0.318 e. The van der Waals surface area contributed by atoms with Crippen molar-refractivity contribution in [3.8, 4) is 6.01 Å². The Morgan fingerprint density at radius 1 is 1.37 bits per heavy atom. The van der Waals surface area contributed by atoms with Crippen LogP contribution in [0.25, 0.3) is 0 Å². The number of benzene rings is 1. The van der Waals surface area contributed by atoms with Crippen LogP contribution in [0.3, 0.4) is 0 Å². The third-order valence-electron chi connectivity index (χ3n) is 2.23. The van der Waals surface area contributed by atoms with Gasteiger partial charge in [-0.05, 0) is 5.56 Å². The maximum absolute atomic E-state index is 13.3. The van der Waals surface area contributed by atoms with Crippen molar-refractivity contribution in [1.82, 2.24) is 9.97 Å². The van der Waals surface area contributed by atoms with Crippen molar-refractivity contribution in [2.24, 2.45) is 0 Å². The van der Waals surface area contributed by atoms with Crippen molar-refractivity contribution in [2.75, 3.05) is 5.32 Å². The van der Waals surface area contributed by atoms with E-state index in [1.54, 1.807) is 0 Å². The van der Waals surface area contributed by atoms with Crippen LogP contribution in [0.4, 0.5) is 10.2 Å². The van der Waals surface area contributed by atoms with E-state index in [1.807, 2.05) is 30.3 Å². The van der Waals surface area contributed by atoms with E-state index in [0.717, 1.165) is 11.8 Å². The molecule has 6 heteroatoms. The summed E-state index contributed by atoms with van der Waals surface area (Å²) in [4.78, 5) is 18.4. The lowest BCUT2D eigenvalue weighted by atomic mass is 10.2. The lowest BCUT2D eigenvalue weighted by Crippen LogP contribution is -2.11. The van der Waals surface area contributed by atoms with Gasteiger partial charge < -0.3 is 10.1 Å². The molecule has 1 aromatic heterocycles. The molecule has 0 unspecified atom stereocenters. The summed E-state index contributed by atoms with van der Waals surface area (Å²) in [5.41, 5.74) is 0.941. The molecule has 0 aliphatic rings. The molecule has 2 aromatic rings. The summed E-state index contributed by atoms with van der Waals surface area (Å²) in [6.45, 7) is 1.54. The van der Waals surface area contributed by atoms with E-state index in [-0.39, 0.29) is 18.4 Å². The van der Waals surface area contributed by atoms with Gasteiger partial charge in [-0.15, -0.1) is 0 Å². The van der Waals surface area contributed by atoms with E-state index in [1.165, 1.54) is 6.92 Å². The Morgan fingerprint density at radius 2 is 2.11 bits per heavy atom. The number of carbonyl (C=O) groups is 1. The van der Waals surface area contributed by atoms with Gasteiger partial charge in [-0.25, -0.2) is 9.37 Å².